The molecule has 130 valence electrons. The maximum Gasteiger partial charge on any atom is 0.0648 e. The van der Waals surface area contributed by atoms with Crippen molar-refractivity contribution in [2.45, 2.75) is 31.6 Å². The normalized spacial score (nSPS) is 21.1. The van der Waals surface area contributed by atoms with E-state index in [1.807, 2.05) is 0 Å². The molecule has 2 aliphatic rings. The number of halogens is 1. The Hall–Kier alpha value is -1.36. The molecule has 1 aliphatic heterocycles. The standard InChI is InChI=1S/C19H25N3O.ClH/c1-2-6-17(7-3-1)22-19-8-4-5-16(18(19)15-20-22)9-10-21-11-13-23-14-12-21;/h1-3,6-7,15-16H,4-5,8-14H2;1H. The van der Waals surface area contributed by atoms with Gasteiger partial charge < -0.3 is 4.74 Å². The summed E-state index contributed by atoms with van der Waals surface area (Å²) in [5.74, 6) is 0.666. The van der Waals surface area contributed by atoms with Crippen LogP contribution in [0.15, 0.2) is 36.5 Å². The fourth-order valence-corrected chi connectivity index (χ4v) is 3.90. The first kappa shape index (κ1) is 17.5. The predicted molar refractivity (Wildman–Crippen MR) is 98.4 cm³/mol. The van der Waals surface area contributed by atoms with Gasteiger partial charge in [0.2, 0.25) is 0 Å². The topological polar surface area (TPSA) is 30.3 Å². The lowest BCUT2D eigenvalue weighted by atomic mass is 9.84. The summed E-state index contributed by atoms with van der Waals surface area (Å²) in [5.41, 5.74) is 4.09. The Labute approximate surface area is 150 Å². The molecule has 4 rings (SSSR count). The average molecular weight is 348 g/mol. The Morgan fingerprint density at radius 1 is 1.12 bits per heavy atom. The first-order valence-electron chi connectivity index (χ1n) is 8.84. The molecule has 0 saturated carbocycles. The molecule has 0 N–H and O–H groups in total. The molecule has 0 spiro atoms. The molecule has 2 aromatic rings. The highest BCUT2D eigenvalue weighted by molar-refractivity contribution is 5.85. The van der Waals surface area contributed by atoms with E-state index in [1.165, 1.54) is 42.8 Å². The summed E-state index contributed by atoms with van der Waals surface area (Å²) >= 11 is 0. The number of para-hydroxylation sites is 1. The van der Waals surface area contributed by atoms with E-state index >= 15 is 0 Å². The van der Waals surface area contributed by atoms with Crippen LogP contribution in [0.2, 0.25) is 0 Å². The fraction of sp³-hybridized carbons (Fsp3) is 0.526. The molecule has 4 nitrogen and oxygen atoms in total. The fourth-order valence-electron chi connectivity index (χ4n) is 3.90. The summed E-state index contributed by atoms with van der Waals surface area (Å²) in [6.45, 7) is 5.14. The number of aromatic nitrogens is 2. The third-order valence-corrected chi connectivity index (χ3v) is 5.21. The summed E-state index contributed by atoms with van der Waals surface area (Å²) in [6.07, 6.45) is 7.09. The number of hydrogen-bond acceptors (Lipinski definition) is 3. The van der Waals surface area contributed by atoms with Crippen molar-refractivity contribution >= 4 is 12.4 Å². The van der Waals surface area contributed by atoms with Crippen LogP contribution < -0.4 is 0 Å². The second kappa shape index (κ2) is 8.15. The predicted octanol–water partition coefficient (Wildman–Crippen LogP) is 3.44. The van der Waals surface area contributed by atoms with Crippen LogP contribution in [-0.2, 0) is 11.2 Å². The second-order valence-electron chi connectivity index (χ2n) is 6.63. The monoisotopic (exact) mass is 347 g/mol. The minimum absolute atomic E-state index is 0. The summed E-state index contributed by atoms with van der Waals surface area (Å²) < 4.78 is 7.59. The first-order chi connectivity index (χ1) is 11.4. The van der Waals surface area contributed by atoms with Crippen molar-refractivity contribution in [3.63, 3.8) is 0 Å². The Kier molecular flexibility index (Phi) is 5.93. The number of nitrogens with zero attached hydrogens (tertiary/aromatic N) is 3. The minimum atomic E-state index is 0. The van der Waals surface area contributed by atoms with E-state index < -0.39 is 0 Å². The van der Waals surface area contributed by atoms with Gasteiger partial charge in [0.25, 0.3) is 0 Å². The Morgan fingerprint density at radius 2 is 1.92 bits per heavy atom. The van der Waals surface area contributed by atoms with Crippen molar-refractivity contribution in [3.05, 3.63) is 47.8 Å². The highest BCUT2D eigenvalue weighted by Gasteiger charge is 2.25. The van der Waals surface area contributed by atoms with Crippen molar-refractivity contribution in [2.24, 2.45) is 0 Å². The first-order valence-corrected chi connectivity index (χ1v) is 8.84. The molecule has 1 unspecified atom stereocenters. The van der Waals surface area contributed by atoms with E-state index in [9.17, 15) is 0 Å². The van der Waals surface area contributed by atoms with Crippen LogP contribution in [0.5, 0.6) is 0 Å². The molecule has 0 amide bonds. The minimum Gasteiger partial charge on any atom is -0.379 e. The summed E-state index contributed by atoms with van der Waals surface area (Å²) in [5, 5.41) is 4.70. The van der Waals surface area contributed by atoms with Gasteiger partial charge in [-0.25, -0.2) is 4.68 Å². The molecule has 2 heterocycles. The number of benzene rings is 1. The van der Waals surface area contributed by atoms with E-state index in [1.54, 1.807) is 0 Å². The molecule has 0 bridgehead atoms. The molecule has 1 aliphatic carbocycles. The van der Waals surface area contributed by atoms with Gasteiger partial charge in [0, 0.05) is 18.8 Å². The number of rotatable bonds is 4. The van der Waals surface area contributed by atoms with Crippen LogP contribution in [0.3, 0.4) is 0 Å². The van der Waals surface area contributed by atoms with Gasteiger partial charge in [-0.15, -0.1) is 12.4 Å². The SMILES string of the molecule is Cl.c1ccc(-n2ncc3c2CCCC3CCN2CCOCC2)cc1. The zero-order chi connectivity index (χ0) is 15.5. The van der Waals surface area contributed by atoms with Gasteiger partial charge in [0.15, 0.2) is 0 Å². The molecule has 1 saturated heterocycles. The van der Waals surface area contributed by atoms with Gasteiger partial charge in [-0.3, -0.25) is 4.90 Å². The van der Waals surface area contributed by atoms with Crippen LogP contribution >= 0.6 is 12.4 Å². The molecule has 1 fully saturated rings. The second-order valence-corrected chi connectivity index (χ2v) is 6.63. The molecular formula is C19H26ClN3O. The largest absolute Gasteiger partial charge is 0.379 e. The number of hydrogen-bond donors (Lipinski definition) is 0. The van der Waals surface area contributed by atoms with Crippen molar-refractivity contribution in [2.75, 3.05) is 32.8 Å². The van der Waals surface area contributed by atoms with Crippen molar-refractivity contribution in [1.82, 2.24) is 14.7 Å². The average Bonchev–Trinajstić information content (AvgIpc) is 3.06. The highest BCUT2D eigenvalue weighted by Crippen LogP contribution is 2.35. The van der Waals surface area contributed by atoms with E-state index in [0.717, 1.165) is 32.7 Å². The zero-order valence-electron chi connectivity index (χ0n) is 14.1. The van der Waals surface area contributed by atoms with Gasteiger partial charge in [-0.2, -0.15) is 5.10 Å². The van der Waals surface area contributed by atoms with E-state index in [4.69, 9.17) is 9.84 Å². The van der Waals surface area contributed by atoms with Crippen LogP contribution in [-0.4, -0.2) is 47.5 Å². The van der Waals surface area contributed by atoms with Crippen molar-refractivity contribution in [3.8, 4) is 5.69 Å². The maximum atomic E-state index is 5.45. The zero-order valence-corrected chi connectivity index (χ0v) is 14.9. The van der Waals surface area contributed by atoms with Gasteiger partial charge in [0.05, 0.1) is 25.1 Å². The third-order valence-electron chi connectivity index (χ3n) is 5.21. The molecule has 0 radical (unpaired) electrons. The van der Waals surface area contributed by atoms with Gasteiger partial charge in [-0.05, 0) is 55.8 Å². The highest BCUT2D eigenvalue weighted by atomic mass is 35.5. The number of ether oxygens (including phenoxy) is 1. The smallest absolute Gasteiger partial charge is 0.0648 e. The third kappa shape index (κ3) is 3.66. The van der Waals surface area contributed by atoms with E-state index in [-0.39, 0.29) is 12.4 Å². The summed E-state index contributed by atoms with van der Waals surface area (Å²) in [6, 6.07) is 10.5. The summed E-state index contributed by atoms with van der Waals surface area (Å²) in [4.78, 5) is 2.54. The molecule has 24 heavy (non-hydrogen) atoms. The quantitative estimate of drug-likeness (QED) is 0.848. The van der Waals surface area contributed by atoms with Crippen LogP contribution in [0.25, 0.3) is 5.69 Å². The number of morpholine rings is 1. The Balaban J connectivity index is 0.00000169. The molecule has 1 atom stereocenters. The Morgan fingerprint density at radius 3 is 2.71 bits per heavy atom. The Bertz CT molecular complexity index is 637. The van der Waals surface area contributed by atoms with Crippen LogP contribution in [0, 0.1) is 0 Å². The van der Waals surface area contributed by atoms with Crippen LogP contribution in [0.4, 0.5) is 0 Å². The maximum absolute atomic E-state index is 5.45. The lowest BCUT2D eigenvalue weighted by molar-refractivity contribution is 0.0363. The molecule has 1 aromatic heterocycles. The van der Waals surface area contributed by atoms with Gasteiger partial charge >= 0.3 is 0 Å². The summed E-state index contributed by atoms with van der Waals surface area (Å²) in [7, 11) is 0. The molecule has 5 heteroatoms. The lowest BCUT2D eigenvalue weighted by Crippen LogP contribution is -2.37. The van der Waals surface area contributed by atoms with Gasteiger partial charge in [0.1, 0.15) is 0 Å². The molecular weight excluding hydrogens is 322 g/mol. The van der Waals surface area contributed by atoms with Gasteiger partial charge in [-0.1, -0.05) is 18.2 Å². The van der Waals surface area contributed by atoms with Crippen LogP contribution in [0.1, 0.15) is 36.4 Å². The molecule has 1 aromatic carbocycles. The van der Waals surface area contributed by atoms with Crippen molar-refractivity contribution in [1.29, 1.82) is 0 Å². The van der Waals surface area contributed by atoms with E-state index in [2.05, 4.69) is 46.1 Å². The lowest BCUT2D eigenvalue weighted by Gasteiger charge is -2.29. The number of fused-ring (bicyclic) bond motifs is 1. The van der Waals surface area contributed by atoms with E-state index in [0.29, 0.717) is 5.92 Å². The van der Waals surface area contributed by atoms with Crippen molar-refractivity contribution < 1.29 is 4.74 Å².